The van der Waals surface area contributed by atoms with Gasteiger partial charge in [-0.1, -0.05) is 18.2 Å². The lowest BCUT2D eigenvalue weighted by atomic mass is 10.1. The Labute approximate surface area is 157 Å². The van der Waals surface area contributed by atoms with E-state index in [0.717, 1.165) is 11.3 Å². The van der Waals surface area contributed by atoms with E-state index in [9.17, 15) is 9.59 Å². The predicted octanol–water partition coefficient (Wildman–Crippen LogP) is 2.74. The largest absolute Gasteiger partial charge is 0.494 e. The highest BCUT2D eigenvalue weighted by molar-refractivity contribution is 5.94. The summed E-state index contributed by atoms with van der Waals surface area (Å²) in [6.45, 7) is 3.15. The smallest absolute Gasteiger partial charge is 0.266 e. The second-order valence-electron chi connectivity index (χ2n) is 5.86. The number of benzene rings is 2. The van der Waals surface area contributed by atoms with Gasteiger partial charge in [0.15, 0.2) is 0 Å². The monoisotopic (exact) mass is 363 g/mol. The summed E-state index contributed by atoms with van der Waals surface area (Å²) in [6.07, 6.45) is 0. The minimum atomic E-state index is -0.210. The summed E-state index contributed by atoms with van der Waals surface area (Å²) < 4.78 is 6.79. The van der Waals surface area contributed by atoms with Gasteiger partial charge in [-0.05, 0) is 49.4 Å². The SMILES string of the molecule is CCOc1ccc(-c2ccc(=O)n(CCNC(=O)c3ccccc3)n2)cc1. The van der Waals surface area contributed by atoms with Crippen molar-refractivity contribution in [2.24, 2.45) is 0 Å². The Hall–Kier alpha value is -3.41. The number of aromatic nitrogens is 2. The molecular formula is C21H21N3O3. The molecule has 3 rings (SSSR count). The quantitative estimate of drug-likeness (QED) is 0.700. The molecule has 1 N–H and O–H groups in total. The molecule has 0 atom stereocenters. The zero-order valence-electron chi connectivity index (χ0n) is 15.1. The van der Waals surface area contributed by atoms with Crippen LogP contribution in [0.3, 0.4) is 0 Å². The maximum absolute atomic E-state index is 12.1. The molecule has 0 aliphatic heterocycles. The molecule has 0 saturated heterocycles. The van der Waals surface area contributed by atoms with Gasteiger partial charge < -0.3 is 10.1 Å². The highest BCUT2D eigenvalue weighted by Crippen LogP contribution is 2.19. The number of carbonyl (C=O) groups excluding carboxylic acids is 1. The first-order chi connectivity index (χ1) is 13.2. The highest BCUT2D eigenvalue weighted by atomic mass is 16.5. The van der Waals surface area contributed by atoms with E-state index < -0.39 is 0 Å². The molecule has 0 spiro atoms. The molecule has 1 aromatic heterocycles. The maximum atomic E-state index is 12.1. The minimum Gasteiger partial charge on any atom is -0.494 e. The van der Waals surface area contributed by atoms with Crippen LogP contribution < -0.4 is 15.6 Å². The lowest BCUT2D eigenvalue weighted by Crippen LogP contribution is -2.31. The van der Waals surface area contributed by atoms with E-state index in [4.69, 9.17) is 4.74 Å². The first-order valence-electron chi connectivity index (χ1n) is 8.82. The molecule has 0 fully saturated rings. The highest BCUT2D eigenvalue weighted by Gasteiger charge is 2.06. The topological polar surface area (TPSA) is 73.2 Å². The van der Waals surface area contributed by atoms with Crippen molar-refractivity contribution in [3.8, 4) is 17.0 Å². The predicted molar refractivity (Wildman–Crippen MR) is 104 cm³/mol. The van der Waals surface area contributed by atoms with Crippen LogP contribution in [0.5, 0.6) is 5.75 Å². The van der Waals surface area contributed by atoms with Crippen molar-refractivity contribution in [2.75, 3.05) is 13.2 Å². The molecule has 138 valence electrons. The molecule has 3 aromatic rings. The fourth-order valence-corrected chi connectivity index (χ4v) is 2.62. The maximum Gasteiger partial charge on any atom is 0.266 e. The van der Waals surface area contributed by atoms with E-state index in [-0.39, 0.29) is 11.5 Å². The zero-order valence-corrected chi connectivity index (χ0v) is 15.1. The number of amides is 1. The van der Waals surface area contributed by atoms with E-state index in [2.05, 4.69) is 10.4 Å². The van der Waals surface area contributed by atoms with Gasteiger partial charge in [-0.25, -0.2) is 4.68 Å². The van der Waals surface area contributed by atoms with Gasteiger partial charge in [0, 0.05) is 23.7 Å². The number of nitrogens with one attached hydrogen (secondary N) is 1. The number of nitrogens with zero attached hydrogens (tertiary/aromatic N) is 2. The second kappa shape index (κ2) is 8.80. The van der Waals surface area contributed by atoms with E-state index in [1.807, 2.05) is 37.3 Å². The summed E-state index contributed by atoms with van der Waals surface area (Å²) in [5, 5.41) is 7.20. The molecule has 0 unspecified atom stereocenters. The third-order valence-corrected chi connectivity index (χ3v) is 3.97. The number of ether oxygens (including phenoxy) is 1. The Balaban J connectivity index is 1.66. The molecule has 0 aliphatic carbocycles. The van der Waals surface area contributed by atoms with Crippen molar-refractivity contribution >= 4 is 5.91 Å². The first kappa shape index (κ1) is 18.4. The summed E-state index contributed by atoms with van der Waals surface area (Å²) in [5.41, 5.74) is 1.95. The number of hydrogen-bond acceptors (Lipinski definition) is 4. The Morgan fingerprint density at radius 3 is 2.48 bits per heavy atom. The molecule has 0 radical (unpaired) electrons. The standard InChI is InChI=1S/C21H21N3O3/c1-2-27-18-10-8-16(9-11-18)19-12-13-20(25)24(23-19)15-14-22-21(26)17-6-4-3-5-7-17/h3-13H,2,14-15H2,1H3,(H,22,26). The molecule has 1 amide bonds. The van der Waals surface area contributed by atoms with E-state index in [1.165, 1.54) is 10.7 Å². The van der Waals surface area contributed by atoms with E-state index >= 15 is 0 Å². The molecular weight excluding hydrogens is 342 g/mol. The summed E-state index contributed by atoms with van der Waals surface area (Å²) in [6, 6.07) is 19.7. The van der Waals surface area contributed by atoms with E-state index in [0.29, 0.717) is 31.0 Å². The van der Waals surface area contributed by atoms with Crippen molar-refractivity contribution in [1.29, 1.82) is 0 Å². The lowest BCUT2D eigenvalue weighted by molar-refractivity contribution is 0.0951. The number of rotatable bonds is 7. The van der Waals surface area contributed by atoms with Gasteiger partial charge >= 0.3 is 0 Å². The first-order valence-corrected chi connectivity index (χ1v) is 8.82. The normalized spacial score (nSPS) is 10.4. The van der Waals surface area contributed by atoms with Gasteiger partial charge in [0.1, 0.15) is 5.75 Å². The third kappa shape index (κ3) is 4.82. The number of carbonyl (C=O) groups is 1. The van der Waals surface area contributed by atoms with Gasteiger partial charge in [-0.2, -0.15) is 5.10 Å². The van der Waals surface area contributed by atoms with Crippen molar-refractivity contribution < 1.29 is 9.53 Å². The van der Waals surface area contributed by atoms with Crippen LogP contribution in [0.15, 0.2) is 71.5 Å². The van der Waals surface area contributed by atoms with Crippen molar-refractivity contribution in [2.45, 2.75) is 13.5 Å². The van der Waals surface area contributed by atoms with Crippen LogP contribution in [-0.4, -0.2) is 28.8 Å². The van der Waals surface area contributed by atoms with Crippen LogP contribution in [0.1, 0.15) is 17.3 Å². The molecule has 6 nitrogen and oxygen atoms in total. The molecule has 27 heavy (non-hydrogen) atoms. The Kier molecular flexibility index (Phi) is 5.99. The number of hydrogen-bond donors (Lipinski definition) is 1. The Morgan fingerprint density at radius 2 is 1.78 bits per heavy atom. The summed E-state index contributed by atoms with van der Waals surface area (Å²) in [5.74, 6) is 0.615. The minimum absolute atomic E-state index is 0.175. The van der Waals surface area contributed by atoms with Crippen LogP contribution in [-0.2, 0) is 6.54 Å². The van der Waals surface area contributed by atoms with Crippen LogP contribution in [0.2, 0.25) is 0 Å². The summed E-state index contributed by atoms with van der Waals surface area (Å²) in [7, 11) is 0. The Bertz CT molecular complexity index is 950. The van der Waals surface area contributed by atoms with Gasteiger partial charge in [-0.15, -0.1) is 0 Å². The average Bonchev–Trinajstić information content (AvgIpc) is 2.71. The lowest BCUT2D eigenvalue weighted by Gasteiger charge is -2.09. The third-order valence-electron chi connectivity index (χ3n) is 3.97. The van der Waals surface area contributed by atoms with Gasteiger partial charge in [0.25, 0.3) is 11.5 Å². The zero-order chi connectivity index (χ0) is 19.1. The fourth-order valence-electron chi connectivity index (χ4n) is 2.62. The summed E-state index contributed by atoms with van der Waals surface area (Å²) in [4.78, 5) is 24.1. The molecule has 1 heterocycles. The van der Waals surface area contributed by atoms with E-state index in [1.54, 1.807) is 30.3 Å². The molecule has 0 saturated carbocycles. The van der Waals surface area contributed by atoms with Crippen LogP contribution >= 0.6 is 0 Å². The van der Waals surface area contributed by atoms with Crippen molar-refractivity contribution in [3.05, 3.63) is 82.6 Å². The molecule has 0 aliphatic rings. The van der Waals surface area contributed by atoms with Crippen LogP contribution in [0.4, 0.5) is 0 Å². The second-order valence-corrected chi connectivity index (χ2v) is 5.86. The van der Waals surface area contributed by atoms with Gasteiger partial charge in [0.05, 0.1) is 18.8 Å². The Morgan fingerprint density at radius 1 is 1.04 bits per heavy atom. The van der Waals surface area contributed by atoms with Gasteiger partial charge in [0.2, 0.25) is 0 Å². The van der Waals surface area contributed by atoms with Crippen molar-refractivity contribution in [3.63, 3.8) is 0 Å². The summed E-state index contributed by atoms with van der Waals surface area (Å²) >= 11 is 0. The van der Waals surface area contributed by atoms with Gasteiger partial charge in [-0.3, -0.25) is 9.59 Å². The fraction of sp³-hybridized carbons (Fsp3) is 0.190. The molecule has 6 heteroatoms. The van der Waals surface area contributed by atoms with Crippen LogP contribution in [0.25, 0.3) is 11.3 Å². The average molecular weight is 363 g/mol. The van der Waals surface area contributed by atoms with Crippen molar-refractivity contribution in [1.82, 2.24) is 15.1 Å². The van der Waals surface area contributed by atoms with Crippen LogP contribution in [0, 0.1) is 0 Å². The molecule has 0 bridgehead atoms. The molecule has 2 aromatic carbocycles.